The van der Waals surface area contributed by atoms with Crippen molar-refractivity contribution in [2.45, 2.75) is 6.42 Å². The summed E-state index contributed by atoms with van der Waals surface area (Å²) < 4.78 is 5.25. The van der Waals surface area contributed by atoms with Crippen molar-refractivity contribution in [3.8, 4) is 5.75 Å². The van der Waals surface area contributed by atoms with Crippen LogP contribution in [0.3, 0.4) is 0 Å². The van der Waals surface area contributed by atoms with E-state index in [4.69, 9.17) is 4.74 Å². The van der Waals surface area contributed by atoms with Crippen LogP contribution >= 0.6 is 11.3 Å². The highest BCUT2D eigenvalue weighted by molar-refractivity contribution is 7.09. The number of methoxy groups -OCH3 is 1. The average Bonchev–Trinajstić information content (AvgIpc) is 3.29. The first-order valence-electron chi connectivity index (χ1n) is 10.2. The van der Waals surface area contributed by atoms with Gasteiger partial charge in [-0.25, -0.2) is 4.99 Å². The van der Waals surface area contributed by atoms with Gasteiger partial charge in [0.05, 0.1) is 7.11 Å². The van der Waals surface area contributed by atoms with Gasteiger partial charge in [0.1, 0.15) is 12.3 Å². The van der Waals surface area contributed by atoms with Crippen molar-refractivity contribution in [1.29, 1.82) is 0 Å². The molecule has 7 nitrogen and oxygen atoms in total. The molecule has 1 amide bonds. The first-order chi connectivity index (χ1) is 14.6. The molecule has 1 aromatic heterocycles. The van der Waals surface area contributed by atoms with Crippen molar-refractivity contribution in [3.05, 3.63) is 46.7 Å². The molecule has 1 aliphatic heterocycles. The van der Waals surface area contributed by atoms with E-state index in [1.165, 1.54) is 10.6 Å². The number of anilines is 1. The summed E-state index contributed by atoms with van der Waals surface area (Å²) in [5.74, 6) is 1.69. The fraction of sp³-hybridized carbons (Fsp3) is 0.455. The second-order valence-corrected chi connectivity index (χ2v) is 8.39. The first kappa shape index (κ1) is 22.0. The molecule has 0 radical (unpaired) electrons. The van der Waals surface area contributed by atoms with Crippen molar-refractivity contribution < 1.29 is 9.53 Å². The van der Waals surface area contributed by atoms with Gasteiger partial charge in [0.15, 0.2) is 5.96 Å². The van der Waals surface area contributed by atoms with E-state index in [1.807, 2.05) is 12.1 Å². The van der Waals surface area contributed by atoms with Gasteiger partial charge >= 0.3 is 0 Å². The highest BCUT2D eigenvalue weighted by atomic mass is 32.1. The summed E-state index contributed by atoms with van der Waals surface area (Å²) in [5, 5.41) is 5.56. The minimum atomic E-state index is 0.00410. The van der Waals surface area contributed by atoms with E-state index in [2.05, 4.69) is 49.8 Å². The number of hydrogen-bond acceptors (Lipinski definition) is 5. The summed E-state index contributed by atoms with van der Waals surface area (Å²) in [6.07, 6.45) is 0.949. The third-order valence-electron chi connectivity index (χ3n) is 5.11. The normalized spacial score (nSPS) is 14.6. The maximum atomic E-state index is 12.0. The number of thiophene rings is 1. The van der Waals surface area contributed by atoms with E-state index in [0.29, 0.717) is 0 Å². The van der Waals surface area contributed by atoms with Gasteiger partial charge in [0, 0.05) is 57.4 Å². The topological polar surface area (TPSA) is 60.4 Å². The molecule has 1 saturated heterocycles. The smallest absolute Gasteiger partial charge is 0.243 e. The van der Waals surface area contributed by atoms with Gasteiger partial charge < -0.3 is 24.8 Å². The van der Waals surface area contributed by atoms with Crippen LogP contribution in [0.25, 0.3) is 0 Å². The molecule has 0 unspecified atom stereocenters. The van der Waals surface area contributed by atoms with Crippen molar-refractivity contribution >= 4 is 28.9 Å². The number of nitrogens with zero attached hydrogens (tertiary/aromatic N) is 4. The largest absolute Gasteiger partial charge is 0.497 e. The predicted molar refractivity (Wildman–Crippen MR) is 124 cm³/mol. The lowest BCUT2D eigenvalue weighted by Gasteiger charge is -2.37. The number of nitrogens with one attached hydrogen (secondary N) is 1. The number of ether oxygens (including phenoxy) is 1. The van der Waals surface area contributed by atoms with Gasteiger partial charge in [0.25, 0.3) is 0 Å². The zero-order valence-electron chi connectivity index (χ0n) is 18.0. The van der Waals surface area contributed by atoms with Crippen LogP contribution in [0, 0.1) is 0 Å². The van der Waals surface area contributed by atoms with E-state index in [0.717, 1.165) is 50.9 Å². The Morgan fingerprint density at radius 2 is 1.90 bits per heavy atom. The van der Waals surface area contributed by atoms with Crippen LogP contribution in [0.2, 0.25) is 0 Å². The molecular formula is C22H31N5O2S. The highest BCUT2D eigenvalue weighted by Gasteiger charge is 2.20. The molecule has 2 heterocycles. The lowest BCUT2D eigenvalue weighted by molar-refractivity contribution is -0.127. The van der Waals surface area contributed by atoms with E-state index >= 15 is 0 Å². The maximum absolute atomic E-state index is 12.0. The van der Waals surface area contributed by atoms with Crippen molar-refractivity contribution in [2.24, 2.45) is 4.99 Å². The Bertz CT molecular complexity index is 813. The number of aliphatic imine (C=N–C) groups is 1. The van der Waals surface area contributed by atoms with Gasteiger partial charge in [-0.05, 0) is 42.1 Å². The quantitative estimate of drug-likeness (QED) is 0.540. The minimum Gasteiger partial charge on any atom is -0.497 e. The van der Waals surface area contributed by atoms with Gasteiger partial charge in [0.2, 0.25) is 5.91 Å². The third-order valence-corrected chi connectivity index (χ3v) is 6.05. The Morgan fingerprint density at radius 1 is 1.17 bits per heavy atom. The minimum absolute atomic E-state index is 0.00410. The number of amides is 1. The fourth-order valence-electron chi connectivity index (χ4n) is 3.27. The number of carbonyl (C=O) groups is 1. The molecule has 1 aliphatic rings. The van der Waals surface area contributed by atoms with Crippen molar-refractivity contribution in [1.82, 2.24) is 15.1 Å². The zero-order valence-corrected chi connectivity index (χ0v) is 18.8. The Labute approximate surface area is 183 Å². The van der Waals surface area contributed by atoms with Crippen LogP contribution < -0.4 is 15.0 Å². The standard InChI is InChI=1S/C22H31N5O2S/c1-25(2)21(28)17-24-22(23-11-10-20-5-4-16-30-20)27-14-12-26(13-15-27)18-6-8-19(29-3)9-7-18/h4-9,16H,10-15,17H2,1-3H3,(H,23,24). The fourth-order valence-corrected chi connectivity index (χ4v) is 3.98. The van der Waals surface area contributed by atoms with Gasteiger partial charge in [-0.15, -0.1) is 11.3 Å². The second-order valence-electron chi connectivity index (χ2n) is 7.36. The number of likely N-dealkylation sites (N-methyl/N-ethyl adjacent to an activating group) is 1. The molecule has 0 spiro atoms. The first-order valence-corrected chi connectivity index (χ1v) is 11.1. The van der Waals surface area contributed by atoms with Crippen LogP contribution in [-0.2, 0) is 11.2 Å². The summed E-state index contributed by atoms with van der Waals surface area (Å²) in [5.41, 5.74) is 1.20. The Morgan fingerprint density at radius 3 is 2.50 bits per heavy atom. The number of piperazine rings is 1. The molecular weight excluding hydrogens is 398 g/mol. The number of benzene rings is 1. The molecule has 1 aromatic carbocycles. The predicted octanol–water partition coefficient (Wildman–Crippen LogP) is 2.16. The van der Waals surface area contributed by atoms with E-state index in [1.54, 1.807) is 37.4 Å². The molecule has 0 aliphatic carbocycles. The van der Waals surface area contributed by atoms with Crippen LogP contribution in [0.15, 0.2) is 46.8 Å². The SMILES string of the molecule is COc1ccc(N2CCN(C(=NCC(=O)N(C)C)NCCc3cccs3)CC2)cc1. The van der Waals surface area contributed by atoms with Crippen molar-refractivity contribution in [3.63, 3.8) is 0 Å². The Balaban J connectivity index is 1.59. The molecule has 0 bridgehead atoms. The molecule has 3 rings (SSSR count). The number of rotatable bonds is 7. The van der Waals surface area contributed by atoms with Crippen LogP contribution in [0.5, 0.6) is 5.75 Å². The number of carbonyl (C=O) groups excluding carboxylic acids is 1. The molecule has 0 saturated carbocycles. The summed E-state index contributed by atoms with van der Waals surface area (Å²) in [6.45, 7) is 4.47. The Hall–Kier alpha value is -2.74. The molecule has 30 heavy (non-hydrogen) atoms. The lowest BCUT2D eigenvalue weighted by Crippen LogP contribution is -2.53. The monoisotopic (exact) mass is 429 g/mol. The van der Waals surface area contributed by atoms with Gasteiger partial charge in [-0.1, -0.05) is 6.07 Å². The summed E-state index contributed by atoms with van der Waals surface area (Å²) >= 11 is 1.76. The van der Waals surface area contributed by atoms with Crippen molar-refractivity contribution in [2.75, 3.05) is 65.4 Å². The molecule has 1 fully saturated rings. The highest BCUT2D eigenvalue weighted by Crippen LogP contribution is 2.20. The van der Waals surface area contributed by atoms with E-state index < -0.39 is 0 Å². The van der Waals surface area contributed by atoms with E-state index in [-0.39, 0.29) is 12.5 Å². The maximum Gasteiger partial charge on any atom is 0.243 e. The molecule has 2 aromatic rings. The molecule has 1 N–H and O–H groups in total. The Kier molecular flexibility index (Phi) is 7.96. The third kappa shape index (κ3) is 6.13. The van der Waals surface area contributed by atoms with Gasteiger partial charge in [-0.2, -0.15) is 0 Å². The summed E-state index contributed by atoms with van der Waals surface area (Å²) in [4.78, 5) is 24.2. The lowest BCUT2D eigenvalue weighted by atomic mass is 10.2. The number of guanidine groups is 1. The van der Waals surface area contributed by atoms with Crippen LogP contribution in [0.4, 0.5) is 5.69 Å². The molecule has 8 heteroatoms. The van der Waals surface area contributed by atoms with E-state index in [9.17, 15) is 4.79 Å². The number of hydrogen-bond donors (Lipinski definition) is 1. The summed E-state index contributed by atoms with van der Waals surface area (Å²) in [6, 6.07) is 12.4. The van der Waals surface area contributed by atoms with Crippen LogP contribution in [-0.4, -0.2) is 82.1 Å². The van der Waals surface area contributed by atoms with Crippen LogP contribution in [0.1, 0.15) is 4.88 Å². The zero-order chi connectivity index (χ0) is 21.3. The molecule has 0 atom stereocenters. The van der Waals surface area contributed by atoms with Gasteiger partial charge in [-0.3, -0.25) is 4.79 Å². The average molecular weight is 430 g/mol. The molecule has 162 valence electrons. The second kappa shape index (κ2) is 10.9. The summed E-state index contributed by atoms with van der Waals surface area (Å²) in [7, 11) is 5.20.